The zero-order chi connectivity index (χ0) is 14.7. The maximum absolute atomic E-state index is 12.4. The molecule has 3 heteroatoms. The van der Waals surface area contributed by atoms with E-state index in [4.69, 9.17) is 5.26 Å². The monoisotopic (exact) mass is 289 g/mol. The summed E-state index contributed by atoms with van der Waals surface area (Å²) in [7, 11) is 0. The van der Waals surface area contributed by atoms with E-state index < -0.39 is 0 Å². The van der Waals surface area contributed by atoms with Crippen LogP contribution in [0.2, 0.25) is 0 Å². The van der Waals surface area contributed by atoms with Gasteiger partial charge in [-0.15, -0.1) is 11.3 Å². The number of rotatable bonds is 3. The number of carbonyl (C=O) groups excluding carboxylic acids is 1. The van der Waals surface area contributed by atoms with E-state index in [9.17, 15) is 4.79 Å². The minimum atomic E-state index is 0.0421. The van der Waals surface area contributed by atoms with Gasteiger partial charge in [-0.2, -0.15) is 5.26 Å². The minimum Gasteiger partial charge on any atom is -0.288 e. The van der Waals surface area contributed by atoms with Crippen molar-refractivity contribution in [2.75, 3.05) is 0 Å². The van der Waals surface area contributed by atoms with Gasteiger partial charge in [0, 0.05) is 10.4 Å². The lowest BCUT2D eigenvalue weighted by Crippen LogP contribution is -1.97. The first-order chi connectivity index (χ1) is 10.3. The fraction of sp³-hybridized carbons (Fsp3) is 0. The Morgan fingerprint density at radius 2 is 1.62 bits per heavy atom. The quantitative estimate of drug-likeness (QED) is 0.665. The zero-order valence-corrected chi connectivity index (χ0v) is 11.9. The van der Waals surface area contributed by atoms with Gasteiger partial charge in [0.2, 0.25) is 5.78 Å². The van der Waals surface area contributed by atoms with Crippen molar-refractivity contribution >= 4 is 17.1 Å². The Bertz CT molecular complexity index is 810. The highest BCUT2D eigenvalue weighted by Crippen LogP contribution is 2.29. The van der Waals surface area contributed by atoms with E-state index in [1.807, 2.05) is 54.6 Å². The Kier molecular flexibility index (Phi) is 3.63. The molecule has 0 fully saturated rings. The van der Waals surface area contributed by atoms with E-state index in [0.29, 0.717) is 11.1 Å². The molecule has 3 rings (SSSR count). The summed E-state index contributed by atoms with van der Waals surface area (Å²) in [5.74, 6) is 0.0421. The third-order valence-corrected chi connectivity index (χ3v) is 4.30. The highest BCUT2D eigenvalue weighted by Gasteiger charge is 2.12. The van der Waals surface area contributed by atoms with E-state index in [2.05, 4.69) is 6.07 Å². The molecule has 0 atom stereocenters. The minimum absolute atomic E-state index is 0.0421. The van der Waals surface area contributed by atoms with Crippen molar-refractivity contribution in [3.05, 3.63) is 82.7 Å². The number of hydrogen-bond donors (Lipinski definition) is 0. The molecular formula is C18H11NOS. The summed E-state index contributed by atoms with van der Waals surface area (Å²) < 4.78 is 0. The summed E-state index contributed by atoms with van der Waals surface area (Å²) >= 11 is 1.47. The molecule has 3 aromatic rings. The van der Waals surface area contributed by atoms with Crippen LogP contribution in [0.25, 0.3) is 10.4 Å². The molecule has 0 amide bonds. The standard InChI is InChI=1S/C18H11NOS/c19-12-13-6-8-14(9-7-13)16-10-11-17(21-16)18(20)15-4-2-1-3-5-15/h1-11H. The van der Waals surface area contributed by atoms with Crippen molar-refractivity contribution in [1.29, 1.82) is 5.26 Å². The Hall–Kier alpha value is -2.70. The van der Waals surface area contributed by atoms with Gasteiger partial charge < -0.3 is 0 Å². The van der Waals surface area contributed by atoms with Crippen LogP contribution in [0, 0.1) is 11.3 Å². The maximum Gasteiger partial charge on any atom is 0.202 e. The summed E-state index contributed by atoms with van der Waals surface area (Å²) in [4.78, 5) is 14.1. The molecule has 0 aliphatic heterocycles. The summed E-state index contributed by atoms with van der Waals surface area (Å²) in [5.41, 5.74) is 2.35. The van der Waals surface area contributed by atoms with Gasteiger partial charge in [0.1, 0.15) is 0 Å². The van der Waals surface area contributed by atoms with Gasteiger partial charge in [0.05, 0.1) is 16.5 Å². The molecule has 2 aromatic carbocycles. The molecular weight excluding hydrogens is 278 g/mol. The van der Waals surface area contributed by atoms with Crippen LogP contribution in [-0.2, 0) is 0 Å². The normalized spacial score (nSPS) is 10.0. The molecule has 0 N–H and O–H groups in total. The number of ketones is 1. The second-order valence-corrected chi connectivity index (χ2v) is 5.63. The number of hydrogen-bond acceptors (Lipinski definition) is 3. The second kappa shape index (κ2) is 5.74. The maximum atomic E-state index is 12.4. The molecule has 0 unspecified atom stereocenters. The molecule has 1 aromatic heterocycles. The molecule has 0 aliphatic carbocycles. The van der Waals surface area contributed by atoms with E-state index in [0.717, 1.165) is 15.3 Å². The molecule has 0 spiro atoms. The van der Waals surface area contributed by atoms with Gasteiger partial charge in [0.15, 0.2) is 0 Å². The van der Waals surface area contributed by atoms with Crippen LogP contribution in [0.3, 0.4) is 0 Å². The van der Waals surface area contributed by atoms with Gasteiger partial charge >= 0.3 is 0 Å². The Labute approximate surface area is 126 Å². The lowest BCUT2D eigenvalue weighted by molar-refractivity contribution is 0.104. The van der Waals surface area contributed by atoms with Crippen LogP contribution in [0.1, 0.15) is 20.8 Å². The highest BCUT2D eigenvalue weighted by atomic mass is 32.1. The molecule has 21 heavy (non-hydrogen) atoms. The predicted octanol–water partition coefficient (Wildman–Crippen LogP) is 4.52. The molecule has 0 saturated carbocycles. The summed E-state index contributed by atoms with van der Waals surface area (Å²) in [6, 6.07) is 22.5. The van der Waals surface area contributed by atoms with Crippen LogP contribution >= 0.6 is 11.3 Å². The smallest absolute Gasteiger partial charge is 0.202 e. The van der Waals surface area contributed by atoms with E-state index >= 15 is 0 Å². The van der Waals surface area contributed by atoms with Crippen molar-refractivity contribution < 1.29 is 4.79 Å². The fourth-order valence-corrected chi connectivity index (χ4v) is 3.03. The lowest BCUT2D eigenvalue weighted by Gasteiger charge is -1.98. The average molecular weight is 289 g/mol. The second-order valence-electron chi connectivity index (χ2n) is 4.55. The van der Waals surface area contributed by atoms with Crippen LogP contribution in [0.15, 0.2) is 66.7 Å². The largest absolute Gasteiger partial charge is 0.288 e. The van der Waals surface area contributed by atoms with Crippen molar-refractivity contribution in [2.24, 2.45) is 0 Å². The summed E-state index contributed by atoms with van der Waals surface area (Å²) in [6.45, 7) is 0. The van der Waals surface area contributed by atoms with Crippen LogP contribution < -0.4 is 0 Å². The molecule has 0 saturated heterocycles. The van der Waals surface area contributed by atoms with E-state index in [1.54, 1.807) is 12.1 Å². The number of carbonyl (C=O) groups is 1. The van der Waals surface area contributed by atoms with Gasteiger partial charge in [0.25, 0.3) is 0 Å². The molecule has 100 valence electrons. The fourth-order valence-electron chi connectivity index (χ4n) is 2.06. The molecule has 0 radical (unpaired) electrons. The predicted molar refractivity (Wildman–Crippen MR) is 84.3 cm³/mol. The number of nitriles is 1. The molecule has 2 nitrogen and oxygen atoms in total. The highest BCUT2D eigenvalue weighted by molar-refractivity contribution is 7.17. The third kappa shape index (κ3) is 2.76. The average Bonchev–Trinajstić information content (AvgIpc) is 3.05. The van der Waals surface area contributed by atoms with Gasteiger partial charge in [-0.3, -0.25) is 4.79 Å². The first-order valence-corrected chi connectivity index (χ1v) is 7.30. The summed E-state index contributed by atoms with van der Waals surface area (Å²) in [6.07, 6.45) is 0. The molecule has 0 bridgehead atoms. The first-order valence-electron chi connectivity index (χ1n) is 6.48. The SMILES string of the molecule is N#Cc1ccc(-c2ccc(C(=O)c3ccccc3)s2)cc1. The van der Waals surface area contributed by atoms with Crippen molar-refractivity contribution in [1.82, 2.24) is 0 Å². The summed E-state index contributed by atoms with van der Waals surface area (Å²) in [5, 5.41) is 8.81. The van der Waals surface area contributed by atoms with E-state index in [-0.39, 0.29) is 5.78 Å². The van der Waals surface area contributed by atoms with Crippen LogP contribution in [-0.4, -0.2) is 5.78 Å². The number of benzene rings is 2. The number of nitrogens with zero attached hydrogens (tertiary/aromatic N) is 1. The first kappa shape index (κ1) is 13.3. The Morgan fingerprint density at radius 3 is 2.29 bits per heavy atom. The topological polar surface area (TPSA) is 40.9 Å². The lowest BCUT2D eigenvalue weighted by atomic mass is 10.1. The van der Waals surface area contributed by atoms with E-state index in [1.165, 1.54) is 11.3 Å². The third-order valence-electron chi connectivity index (χ3n) is 3.16. The van der Waals surface area contributed by atoms with Crippen LogP contribution in [0.5, 0.6) is 0 Å². The van der Waals surface area contributed by atoms with Crippen molar-refractivity contribution in [3.8, 4) is 16.5 Å². The Morgan fingerprint density at radius 1 is 0.905 bits per heavy atom. The molecule has 1 heterocycles. The van der Waals surface area contributed by atoms with Gasteiger partial charge in [-0.25, -0.2) is 0 Å². The zero-order valence-electron chi connectivity index (χ0n) is 11.1. The molecule has 0 aliphatic rings. The van der Waals surface area contributed by atoms with Crippen molar-refractivity contribution in [3.63, 3.8) is 0 Å². The van der Waals surface area contributed by atoms with Crippen LogP contribution in [0.4, 0.5) is 0 Å². The number of thiophene rings is 1. The Balaban J connectivity index is 1.89. The van der Waals surface area contributed by atoms with Gasteiger partial charge in [-0.05, 0) is 29.8 Å². The van der Waals surface area contributed by atoms with Gasteiger partial charge in [-0.1, -0.05) is 42.5 Å². The van der Waals surface area contributed by atoms with Crippen molar-refractivity contribution in [2.45, 2.75) is 0 Å².